The maximum Gasteiger partial charge on any atom is 0.243 e. The lowest BCUT2D eigenvalue weighted by atomic mass is 9.96. The second-order valence-corrected chi connectivity index (χ2v) is 12.8. The van der Waals surface area contributed by atoms with Crippen molar-refractivity contribution in [3.05, 3.63) is 48.3 Å². The van der Waals surface area contributed by atoms with Crippen LogP contribution in [0, 0.1) is 11.7 Å². The molecule has 1 unspecified atom stereocenters. The minimum atomic E-state index is -3.62. The van der Waals surface area contributed by atoms with Crippen LogP contribution in [-0.4, -0.2) is 62.2 Å². The van der Waals surface area contributed by atoms with Gasteiger partial charge in [0.1, 0.15) is 11.3 Å². The van der Waals surface area contributed by atoms with Gasteiger partial charge in [-0.2, -0.15) is 4.31 Å². The number of hydrogen-bond acceptors (Lipinski definition) is 7. The number of thioether (sulfide) groups is 1. The van der Waals surface area contributed by atoms with Crippen LogP contribution in [0.3, 0.4) is 0 Å². The van der Waals surface area contributed by atoms with Crippen LogP contribution in [0.15, 0.2) is 52.3 Å². The molecule has 7 nitrogen and oxygen atoms in total. The molecule has 0 radical (unpaired) electrons. The van der Waals surface area contributed by atoms with Crippen LogP contribution in [0.25, 0.3) is 10.2 Å². The SMILES string of the molecule is CSc1ccc(S(=O)(=O)N2CCC(C(=O)N(CC3CCCO3)c3nc4c(F)cccc4s3)CC2)cc1. The van der Waals surface area contributed by atoms with Crippen molar-refractivity contribution in [1.29, 1.82) is 0 Å². The zero-order chi connectivity index (χ0) is 25.3. The lowest BCUT2D eigenvalue weighted by molar-refractivity contribution is -0.123. The zero-order valence-corrected chi connectivity index (χ0v) is 22.4. The van der Waals surface area contributed by atoms with Crippen LogP contribution in [-0.2, 0) is 19.6 Å². The third-order valence-electron chi connectivity index (χ3n) is 6.77. The number of amides is 1. The van der Waals surface area contributed by atoms with E-state index in [2.05, 4.69) is 4.98 Å². The molecule has 0 saturated carbocycles. The smallest absolute Gasteiger partial charge is 0.243 e. The van der Waals surface area contributed by atoms with E-state index < -0.39 is 15.8 Å². The van der Waals surface area contributed by atoms with Crippen LogP contribution in [0.5, 0.6) is 0 Å². The van der Waals surface area contributed by atoms with E-state index in [-0.39, 0.29) is 41.4 Å². The molecule has 2 aliphatic rings. The number of carbonyl (C=O) groups is 1. The largest absolute Gasteiger partial charge is 0.376 e. The van der Waals surface area contributed by atoms with Gasteiger partial charge in [0, 0.05) is 30.5 Å². The van der Waals surface area contributed by atoms with Crippen molar-refractivity contribution in [2.45, 2.75) is 41.6 Å². The lowest BCUT2D eigenvalue weighted by Gasteiger charge is -2.33. The molecule has 2 saturated heterocycles. The first-order chi connectivity index (χ1) is 17.4. The molecule has 0 aliphatic carbocycles. The summed E-state index contributed by atoms with van der Waals surface area (Å²) in [5.74, 6) is -0.858. The summed E-state index contributed by atoms with van der Waals surface area (Å²) >= 11 is 2.85. The maximum atomic E-state index is 14.3. The predicted molar refractivity (Wildman–Crippen MR) is 141 cm³/mol. The van der Waals surface area contributed by atoms with Gasteiger partial charge in [-0.05, 0) is 68.3 Å². The van der Waals surface area contributed by atoms with E-state index in [4.69, 9.17) is 4.74 Å². The van der Waals surface area contributed by atoms with Crippen molar-refractivity contribution in [2.75, 3.05) is 37.4 Å². The number of anilines is 1. The van der Waals surface area contributed by atoms with Crippen LogP contribution < -0.4 is 4.90 Å². The van der Waals surface area contributed by atoms with E-state index in [1.165, 1.54) is 21.7 Å². The van der Waals surface area contributed by atoms with Gasteiger partial charge in [-0.1, -0.05) is 17.4 Å². The first-order valence-corrected chi connectivity index (χ1v) is 15.5. The van der Waals surface area contributed by atoms with Gasteiger partial charge in [-0.25, -0.2) is 17.8 Å². The molecule has 3 aromatic rings. The Morgan fingerprint density at radius 1 is 1.19 bits per heavy atom. The topological polar surface area (TPSA) is 79.8 Å². The summed E-state index contributed by atoms with van der Waals surface area (Å²) < 4.78 is 48.5. The van der Waals surface area contributed by atoms with Crippen molar-refractivity contribution < 1.29 is 22.3 Å². The Balaban J connectivity index is 1.33. The fourth-order valence-electron chi connectivity index (χ4n) is 4.73. The fourth-order valence-corrected chi connectivity index (χ4v) is 7.61. The number of carbonyl (C=O) groups excluding carboxylic acids is 1. The Hall–Kier alpha value is -2.05. The maximum absolute atomic E-state index is 14.3. The second kappa shape index (κ2) is 10.7. The molecule has 0 bridgehead atoms. The molecule has 1 amide bonds. The quantitative estimate of drug-likeness (QED) is 0.395. The summed E-state index contributed by atoms with van der Waals surface area (Å²) in [5.41, 5.74) is 0.260. The number of thiazole rings is 1. The third-order valence-corrected chi connectivity index (χ3v) is 10.5. The molecule has 1 atom stereocenters. The molecule has 11 heteroatoms. The molecule has 0 N–H and O–H groups in total. The van der Waals surface area contributed by atoms with Gasteiger partial charge < -0.3 is 4.74 Å². The molecule has 5 rings (SSSR count). The van der Waals surface area contributed by atoms with Gasteiger partial charge in [-0.3, -0.25) is 9.69 Å². The minimum absolute atomic E-state index is 0.0875. The average Bonchev–Trinajstić information content (AvgIpc) is 3.57. The molecule has 2 aliphatic heterocycles. The number of halogens is 1. The Bertz CT molecular complexity index is 1330. The molecular weight excluding hydrogens is 521 g/mol. The highest BCUT2D eigenvalue weighted by Crippen LogP contribution is 2.34. The van der Waals surface area contributed by atoms with Crippen LogP contribution in [0.2, 0.25) is 0 Å². The summed E-state index contributed by atoms with van der Waals surface area (Å²) in [4.78, 5) is 21.1. The standard InChI is InChI=1S/C25H28FN3O4S3/c1-34-19-7-9-20(10-8-19)36(31,32)28-13-11-17(12-14-28)24(30)29(16-18-4-3-15-33-18)25-27-23-21(26)5-2-6-22(23)35-25/h2,5-10,17-18H,3-4,11-16H2,1H3. The highest BCUT2D eigenvalue weighted by atomic mass is 32.2. The minimum Gasteiger partial charge on any atom is -0.376 e. The summed E-state index contributed by atoms with van der Waals surface area (Å²) in [6.07, 6.45) is 4.49. The summed E-state index contributed by atoms with van der Waals surface area (Å²) in [6, 6.07) is 11.7. The molecule has 192 valence electrons. The predicted octanol–water partition coefficient (Wildman–Crippen LogP) is 4.77. The lowest BCUT2D eigenvalue weighted by Crippen LogP contribution is -2.46. The van der Waals surface area contributed by atoms with E-state index >= 15 is 0 Å². The molecule has 36 heavy (non-hydrogen) atoms. The highest BCUT2D eigenvalue weighted by molar-refractivity contribution is 7.98. The second-order valence-electron chi connectivity index (χ2n) is 9.02. The number of para-hydroxylation sites is 1. The Labute approximate surface area is 218 Å². The summed E-state index contributed by atoms with van der Waals surface area (Å²) in [7, 11) is -3.62. The number of fused-ring (bicyclic) bond motifs is 1. The van der Waals surface area contributed by atoms with Crippen molar-refractivity contribution in [2.24, 2.45) is 5.92 Å². The molecule has 2 aromatic carbocycles. The van der Waals surface area contributed by atoms with Crippen molar-refractivity contribution in [3.63, 3.8) is 0 Å². The number of aromatic nitrogens is 1. The average molecular weight is 550 g/mol. The third kappa shape index (κ3) is 5.17. The number of benzene rings is 2. The van der Waals surface area contributed by atoms with Gasteiger partial charge in [0.15, 0.2) is 5.13 Å². The number of ether oxygens (including phenoxy) is 1. The van der Waals surface area contributed by atoms with Gasteiger partial charge >= 0.3 is 0 Å². The van der Waals surface area contributed by atoms with Crippen molar-refractivity contribution >= 4 is 54.4 Å². The number of piperidine rings is 1. The van der Waals surface area contributed by atoms with E-state index in [1.54, 1.807) is 53.1 Å². The first kappa shape index (κ1) is 25.6. The number of rotatable bonds is 7. The molecule has 3 heterocycles. The van der Waals surface area contributed by atoms with E-state index in [0.717, 1.165) is 17.7 Å². The van der Waals surface area contributed by atoms with Crippen LogP contribution in [0.1, 0.15) is 25.7 Å². The Morgan fingerprint density at radius 3 is 2.58 bits per heavy atom. The van der Waals surface area contributed by atoms with E-state index in [9.17, 15) is 17.6 Å². The number of nitrogens with zero attached hydrogens (tertiary/aromatic N) is 3. The monoisotopic (exact) mass is 549 g/mol. The fraction of sp³-hybridized carbons (Fsp3) is 0.440. The van der Waals surface area contributed by atoms with E-state index in [1.807, 2.05) is 6.26 Å². The number of sulfonamides is 1. The molecule has 2 fully saturated rings. The van der Waals surface area contributed by atoms with Crippen molar-refractivity contribution in [1.82, 2.24) is 9.29 Å². The summed E-state index contributed by atoms with van der Waals surface area (Å²) in [6.45, 7) is 1.56. The van der Waals surface area contributed by atoms with Gasteiger partial charge in [0.25, 0.3) is 0 Å². The zero-order valence-electron chi connectivity index (χ0n) is 19.9. The van der Waals surface area contributed by atoms with Crippen LogP contribution in [0.4, 0.5) is 9.52 Å². The van der Waals surface area contributed by atoms with Gasteiger partial charge in [0.05, 0.1) is 22.2 Å². The molecular formula is C25H28FN3O4S3. The normalized spacial score (nSPS) is 19.7. The Morgan fingerprint density at radius 2 is 1.94 bits per heavy atom. The first-order valence-electron chi connectivity index (χ1n) is 12.0. The molecule has 0 spiro atoms. The van der Waals surface area contributed by atoms with E-state index in [0.29, 0.717) is 35.8 Å². The molecule has 1 aromatic heterocycles. The van der Waals surface area contributed by atoms with Crippen molar-refractivity contribution in [3.8, 4) is 0 Å². The highest BCUT2D eigenvalue weighted by Gasteiger charge is 2.36. The summed E-state index contributed by atoms with van der Waals surface area (Å²) in [5, 5.41) is 0.458. The van der Waals surface area contributed by atoms with Crippen LogP contribution >= 0.6 is 23.1 Å². The van der Waals surface area contributed by atoms with Gasteiger partial charge in [-0.15, -0.1) is 11.8 Å². The van der Waals surface area contributed by atoms with Gasteiger partial charge in [0.2, 0.25) is 15.9 Å². The Kier molecular flexibility index (Phi) is 7.64. The number of hydrogen-bond donors (Lipinski definition) is 0.